The van der Waals surface area contributed by atoms with E-state index < -0.39 is 0 Å². The lowest BCUT2D eigenvalue weighted by Crippen LogP contribution is -2.22. The SMILES string of the molecule is CN(CCc1ccccn1)c1ncc(CBr)cn1. The van der Waals surface area contributed by atoms with Crippen molar-refractivity contribution in [3.63, 3.8) is 0 Å². The number of rotatable bonds is 5. The number of alkyl halides is 1. The fourth-order valence-electron chi connectivity index (χ4n) is 1.54. The first-order valence-corrected chi connectivity index (χ1v) is 6.89. The first kappa shape index (κ1) is 13.0. The number of anilines is 1. The number of nitrogens with zero attached hydrogens (tertiary/aromatic N) is 4. The number of pyridine rings is 1. The number of hydrogen-bond acceptors (Lipinski definition) is 4. The van der Waals surface area contributed by atoms with Crippen LogP contribution in [0, 0.1) is 0 Å². The van der Waals surface area contributed by atoms with E-state index in [1.54, 1.807) is 0 Å². The van der Waals surface area contributed by atoms with E-state index in [4.69, 9.17) is 0 Å². The Balaban J connectivity index is 1.93. The van der Waals surface area contributed by atoms with Gasteiger partial charge in [0.05, 0.1) is 0 Å². The quantitative estimate of drug-likeness (QED) is 0.796. The fourth-order valence-corrected chi connectivity index (χ4v) is 1.83. The zero-order valence-corrected chi connectivity index (χ0v) is 11.8. The second-order valence-electron chi connectivity index (χ2n) is 4.02. The van der Waals surface area contributed by atoms with Crippen LogP contribution in [0.4, 0.5) is 5.95 Å². The average molecular weight is 307 g/mol. The summed E-state index contributed by atoms with van der Waals surface area (Å²) < 4.78 is 0. The van der Waals surface area contributed by atoms with Crippen molar-refractivity contribution >= 4 is 21.9 Å². The molecule has 94 valence electrons. The third kappa shape index (κ3) is 3.50. The minimum Gasteiger partial charge on any atom is -0.343 e. The van der Waals surface area contributed by atoms with Crippen LogP contribution in [-0.4, -0.2) is 28.5 Å². The van der Waals surface area contributed by atoms with Crippen molar-refractivity contribution in [2.24, 2.45) is 0 Å². The molecule has 0 aromatic carbocycles. The van der Waals surface area contributed by atoms with E-state index >= 15 is 0 Å². The molecule has 0 aliphatic carbocycles. The lowest BCUT2D eigenvalue weighted by Gasteiger charge is -2.16. The van der Waals surface area contributed by atoms with Gasteiger partial charge in [0.2, 0.25) is 5.95 Å². The Morgan fingerprint density at radius 1 is 1.17 bits per heavy atom. The molecule has 2 heterocycles. The molecule has 0 unspecified atom stereocenters. The Hall–Kier alpha value is -1.49. The molecule has 0 aliphatic rings. The normalized spacial score (nSPS) is 10.3. The summed E-state index contributed by atoms with van der Waals surface area (Å²) in [5.41, 5.74) is 2.17. The van der Waals surface area contributed by atoms with Crippen molar-refractivity contribution in [1.29, 1.82) is 0 Å². The van der Waals surface area contributed by atoms with Crippen LogP contribution in [0.2, 0.25) is 0 Å². The summed E-state index contributed by atoms with van der Waals surface area (Å²) >= 11 is 3.38. The molecule has 4 nitrogen and oxygen atoms in total. The molecule has 18 heavy (non-hydrogen) atoms. The minimum atomic E-state index is 0.746. The molecule has 0 aliphatic heterocycles. The second kappa shape index (κ2) is 6.44. The molecule has 0 atom stereocenters. The highest BCUT2D eigenvalue weighted by molar-refractivity contribution is 9.08. The van der Waals surface area contributed by atoms with Crippen LogP contribution in [0.5, 0.6) is 0 Å². The topological polar surface area (TPSA) is 41.9 Å². The summed E-state index contributed by atoms with van der Waals surface area (Å²) in [7, 11) is 1.99. The first-order valence-electron chi connectivity index (χ1n) is 5.77. The van der Waals surface area contributed by atoms with Crippen molar-refractivity contribution in [3.8, 4) is 0 Å². The van der Waals surface area contributed by atoms with Crippen LogP contribution in [0.15, 0.2) is 36.8 Å². The number of halogens is 1. The highest BCUT2D eigenvalue weighted by atomic mass is 79.9. The predicted molar refractivity (Wildman–Crippen MR) is 75.9 cm³/mol. The van der Waals surface area contributed by atoms with E-state index in [1.165, 1.54) is 0 Å². The van der Waals surface area contributed by atoms with Gasteiger partial charge in [-0.15, -0.1) is 0 Å². The molecule has 2 rings (SSSR count). The molecular weight excluding hydrogens is 292 g/mol. The predicted octanol–water partition coefficient (Wildman–Crippen LogP) is 2.45. The number of likely N-dealkylation sites (N-methyl/N-ethyl adjacent to an activating group) is 1. The van der Waals surface area contributed by atoms with Crippen molar-refractivity contribution in [2.45, 2.75) is 11.8 Å². The van der Waals surface area contributed by atoms with Crippen LogP contribution in [0.3, 0.4) is 0 Å². The van der Waals surface area contributed by atoms with Crippen molar-refractivity contribution in [1.82, 2.24) is 15.0 Å². The van der Waals surface area contributed by atoms with Crippen LogP contribution >= 0.6 is 15.9 Å². The molecule has 2 aromatic rings. The van der Waals surface area contributed by atoms with E-state index in [1.807, 2.05) is 48.7 Å². The van der Waals surface area contributed by atoms with E-state index in [0.29, 0.717) is 0 Å². The molecular formula is C13H15BrN4. The van der Waals surface area contributed by atoms with Gasteiger partial charge >= 0.3 is 0 Å². The highest BCUT2D eigenvalue weighted by Crippen LogP contribution is 2.08. The van der Waals surface area contributed by atoms with Gasteiger partial charge in [-0.2, -0.15) is 0 Å². The maximum Gasteiger partial charge on any atom is 0.225 e. The third-order valence-electron chi connectivity index (χ3n) is 2.62. The van der Waals surface area contributed by atoms with Crippen LogP contribution in [0.1, 0.15) is 11.3 Å². The number of aromatic nitrogens is 3. The monoisotopic (exact) mass is 306 g/mol. The van der Waals surface area contributed by atoms with E-state index in [-0.39, 0.29) is 0 Å². The molecule has 0 saturated heterocycles. The molecule has 0 saturated carbocycles. The summed E-state index contributed by atoms with van der Waals surface area (Å²) in [5.74, 6) is 0.746. The van der Waals surface area contributed by atoms with Gasteiger partial charge in [0.25, 0.3) is 0 Å². The second-order valence-corrected chi connectivity index (χ2v) is 4.58. The fraction of sp³-hybridized carbons (Fsp3) is 0.308. The molecule has 2 aromatic heterocycles. The van der Waals surface area contributed by atoms with E-state index in [2.05, 4.69) is 30.9 Å². The van der Waals surface area contributed by atoms with Gasteiger partial charge in [0.15, 0.2) is 0 Å². The lowest BCUT2D eigenvalue weighted by molar-refractivity contribution is 0.819. The van der Waals surface area contributed by atoms with Crippen molar-refractivity contribution in [3.05, 3.63) is 48.0 Å². The number of hydrogen-bond donors (Lipinski definition) is 0. The summed E-state index contributed by atoms with van der Waals surface area (Å²) in [6.45, 7) is 0.852. The lowest BCUT2D eigenvalue weighted by atomic mass is 10.2. The summed E-state index contributed by atoms with van der Waals surface area (Å²) in [6, 6.07) is 5.96. The third-order valence-corrected chi connectivity index (χ3v) is 3.26. The van der Waals surface area contributed by atoms with Crippen LogP contribution < -0.4 is 4.90 Å². The summed E-state index contributed by atoms with van der Waals surface area (Å²) in [6.07, 6.45) is 6.39. The maximum absolute atomic E-state index is 4.33. The van der Waals surface area contributed by atoms with E-state index in [0.717, 1.165) is 35.5 Å². The molecule has 0 bridgehead atoms. The van der Waals surface area contributed by atoms with Gasteiger partial charge in [-0.1, -0.05) is 22.0 Å². The standard InChI is InChI=1S/C13H15BrN4/c1-18(7-5-12-4-2-3-6-15-12)13-16-9-11(8-14)10-17-13/h2-4,6,9-10H,5,7-8H2,1H3. The van der Waals surface area contributed by atoms with Gasteiger partial charge in [-0.05, 0) is 17.7 Å². The van der Waals surface area contributed by atoms with Crippen LogP contribution in [0.25, 0.3) is 0 Å². The van der Waals surface area contributed by atoms with Gasteiger partial charge in [-0.25, -0.2) is 9.97 Å². The zero-order valence-electron chi connectivity index (χ0n) is 10.3. The van der Waals surface area contributed by atoms with Gasteiger partial charge in [0.1, 0.15) is 0 Å². The molecule has 0 radical (unpaired) electrons. The average Bonchev–Trinajstić information content (AvgIpc) is 2.46. The molecule has 5 heteroatoms. The van der Waals surface area contributed by atoms with Gasteiger partial charge in [0, 0.05) is 49.6 Å². The first-order chi connectivity index (χ1) is 8.79. The van der Waals surface area contributed by atoms with Crippen molar-refractivity contribution < 1.29 is 0 Å². The van der Waals surface area contributed by atoms with Crippen LogP contribution in [-0.2, 0) is 11.8 Å². The molecule has 0 fully saturated rings. The maximum atomic E-state index is 4.33. The smallest absolute Gasteiger partial charge is 0.225 e. The Morgan fingerprint density at radius 3 is 2.56 bits per heavy atom. The molecule has 0 amide bonds. The Morgan fingerprint density at radius 2 is 1.94 bits per heavy atom. The van der Waals surface area contributed by atoms with Gasteiger partial charge < -0.3 is 4.90 Å². The highest BCUT2D eigenvalue weighted by Gasteiger charge is 2.04. The summed E-state index contributed by atoms with van der Waals surface area (Å²) in [5, 5.41) is 0.783. The largest absolute Gasteiger partial charge is 0.343 e. The molecule has 0 spiro atoms. The Bertz CT molecular complexity index is 472. The van der Waals surface area contributed by atoms with Gasteiger partial charge in [-0.3, -0.25) is 4.98 Å². The summed E-state index contributed by atoms with van der Waals surface area (Å²) in [4.78, 5) is 15.0. The Labute approximate surface area is 115 Å². The minimum absolute atomic E-state index is 0.746. The van der Waals surface area contributed by atoms with E-state index in [9.17, 15) is 0 Å². The molecule has 0 N–H and O–H groups in total. The Kier molecular flexibility index (Phi) is 4.64. The zero-order chi connectivity index (χ0) is 12.8. The van der Waals surface area contributed by atoms with Crippen molar-refractivity contribution in [2.75, 3.05) is 18.5 Å².